The zero-order valence-electron chi connectivity index (χ0n) is 12.2. The van der Waals surface area contributed by atoms with Gasteiger partial charge in [-0.25, -0.2) is 0 Å². The third-order valence-electron chi connectivity index (χ3n) is 6.06. The molecule has 4 atom stereocenters. The van der Waals surface area contributed by atoms with Crippen molar-refractivity contribution in [2.75, 3.05) is 26.7 Å². The van der Waals surface area contributed by atoms with Crippen LogP contribution in [0.2, 0.25) is 0 Å². The van der Waals surface area contributed by atoms with E-state index in [1.54, 1.807) is 6.42 Å². The second-order valence-corrected chi connectivity index (χ2v) is 7.27. The minimum atomic E-state index is 0.734. The number of hydrogen-bond acceptors (Lipinski definition) is 2. The summed E-state index contributed by atoms with van der Waals surface area (Å²) in [7, 11) is 2.25. The summed E-state index contributed by atoms with van der Waals surface area (Å²) < 4.78 is 0. The monoisotopic (exact) mass is 250 g/mol. The predicted octanol–water partition coefficient (Wildman–Crippen LogP) is 2.74. The lowest BCUT2D eigenvalue weighted by atomic mass is 9.87. The van der Waals surface area contributed by atoms with E-state index in [-0.39, 0.29) is 0 Å². The van der Waals surface area contributed by atoms with Crippen LogP contribution in [-0.2, 0) is 0 Å². The Labute approximate surface area is 113 Å². The summed E-state index contributed by atoms with van der Waals surface area (Å²) in [6.45, 7) is 6.31. The van der Waals surface area contributed by atoms with Gasteiger partial charge in [-0.1, -0.05) is 6.42 Å². The van der Waals surface area contributed by atoms with E-state index < -0.39 is 0 Å². The molecule has 2 saturated carbocycles. The SMILES string of the molecule is CC(NCC1CC2CCC1C2)C1CCN(C)CC1. The Bertz CT molecular complexity index is 270. The maximum absolute atomic E-state index is 3.88. The van der Waals surface area contributed by atoms with Crippen LogP contribution in [0.5, 0.6) is 0 Å². The van der Waals surface area contributed by atoms with Crippen molar-refractivity contribution in [2.45, 2.75) is 51.5 Å². The van der Waals surface area contributed by atoms with E-state index >= 15 is 0 Å². The minimum absolute atomic E-state index is 0.734. The highest BCUT2D eigenvalue weighted by Gasteiger charge is 2.39. The van der Waals surface area contributed by atoms with E-state index in [4.69, 9.17) is 0 Å². The number of rotatable bonds is 4. The van der Waals surface area contributed by atoms with Gasteiger partial charge in [0.25, 0.3) is 0 Å². The van der Waals surface area contributed by atoms with Crippen LogP contribution >= 0.6 is 0 Å². The molecule has 2 bridgehead atoms. The van der Waals surface area contributed by atoms with Crippen molar-refractivity contribution in [1.29, 1.82) is 0 Å². The van der Waals surface area contributed by atoms with Crippen LogP contribution in [0.1, 0.15) is 45.4 Å². The minimum Gasteiger partial charge on any atom is -0.314 e. The fourth-order valence-corrected chi connectivity index (χ4v) is 4.66. The van der Waals surface area contributed by atoms with Gasteiger partial charge in [0.2, 0.25) is 0 Å². The van der Waals surface area contributed by atoms with Gasteiger partial charge in [-0.15, -0.1) is 0 Å². The highest BCUT2D eigenvalue weighted by molar-refractivity contribution is 4.91. The second-order valence-electron chi connectivity index (χ2n) is 7.27. The maximum atomic E-state index is 3.88. The van der Waals surface area contributed by atoms with E-state index in [0.29, 0.717) is 0 Å². The van der Waals surface area contributed by atoms with Gasteiger partial charge in [0.15, 0.2) is 0 Å². The van der Waals surface area contributed by atoms with Crippen molar-refractivity contribution >= 4 is 0 Å². The molecule has 1 heterocycles. The number of likely N-dealkylation sites (tertiary alicyclic amines) is 1. The van der Waals surface area contributed by atoms with Crippen molar-refractivity contribution < 1.29 is 0 Å². The third kappa shape index (κ3) is 2.75. The zero-order valence-corrected chi connectivity index (χ0v) is 12.2. The summed E-state index contributed by atoms with van der Waals surface area (Å²) in [5, 5.41) is 3.88. The van der Waals surface area contributed by atoms with Crippen LogP contribution < -0.4 is 5.32 Å². The first-order valence-corrected chi connectivity index (χ1v) is 8.14. The molecule has 4 unspecified atom stereocenters. The lowest BCUT2D eigenvalue weighted by Gasteiger charge is -2.34. The Kier molecular flexibility index (Phi) is 3.95. The van der Waals surface area contributed by atoms with Crippen molar-refractivity contribution in [3.63, 3.8) is 0 Å². The topological polar surface area (TPSA) is 15.3 Å². The maximum Gasteiger partial charge on any atom is 0.00680 e. The largest absolute Gasteiger partial charge is 0.314 e. The molecule has 3 rings (SSSR count). The molecule has 3 aliphatic rings. The van der Waals surface area contributed by atoms with Gasteiger partial charge in [-0.3, -0.25) is 0 Å². The second kappa shape index (κ2) is 5.50. The lowest BCUT2D eigenvalue weighted by molar-refractivity contribution is 0.183. The normalized spacial score (nSPS) is 39.3. The fourth-order valence-electron chi connectivity index (χ4n) is 4.66. The molecular formula is C16H30N2. The van der Waals surface area contributed by atoms with E-state index in [1.807, 2.05) is 0 Å². The molecule has 0 aromatic rings. The molecule has 0 aromatic carbocycles. The van der Waals surface area contributed by atoms with Crippen LogP contribution in [0.4, 0.5) is 0 Å². The molecule has 2 aliphatic carbocycles. The number of nitrogens with one attached hydrogen (secondary N) is 1. The quantitative estimate of drug-likeness (QED) is 0.825. The molecule has 2 heteroatoms. The lowest BCUT2D eigenvalue weighted by Crippen LogP contribution is -2.42. The summed E-state index contributed by atoms with van der Waals surface area (Å²) in [5.74, 6) is 4.10. The molecule has 0 amide bonds. The molecule has 3 fully saturated rings. The summed E-state index contributed by atoms with van der Waals surface area (Å²) in [6.07, 6.45) is 8.92. The third-order valence-corrected chi connectivity index (χ3v) is 6.06. The van der Waals surface area contributed by atoms with Crippen LogP contribution in [0, 0.1) is 23.7 Å². The fraction of sp³-hybridized carbons (Fsp3) is 1.00. The Morgan fingerprint density at radius 2 is 1.89 bits per heavy atom. The number of nitrogens with zero attached hydrogens (tertiary/aromatic N) is 1. The Morgan fingerprint density at radius 3 is 2.50 bits per heavy atom. The van der Waals surface area contributed by atoms with E-state index in [1.165, 1.54) is 51.7 Å². The van der Waals surface area contributed by atoms with Crippen LogP contribution in [0.3, 0.4) is 0 Å². The zero-order chi connectivity index (χ0) is 12.5. The smallest absolute Gasteiger partial charge is 0.00680 e. The first kappa shape index (κ1) is 12.9. The van der Waals surface area contributed by atoms with Gasteiger partial charge in [-0.05, 0) is 89.4 Å². The molecule has 1 saturated heterocycles. The highest BCUT2D eigenvalue weighted by atomic mass is 15.1. The average Bonchev–Trinajstić information content (AvgIpc) is 2.99. The van der Waals surface area contributed by atoms with E-state index in [0.717, 1.165) is 29.7 Å². The predicted molar refractivity (Wildman–Crippen MR) is 76.6 cm³/mol. The Balaban J connectivity index is 1.40. The Hall–Kier alpha value is -0.0800. The van der Waals surface area contributed by atoms with Crippen molar-refractivity contribution in [1.82, 2.24) is 10.2 Å². The molecule has 0 radical (unpaired) electrons. The standard InChI is InChI=1S/C16H30N2/c1-12(14-5-7-18(2)8-6-14)17-11-16-10-13-3-4-15(16)9-13/h12-17H,3-11H2,1-2H3. The molecule has 1 aliphatic heterocycles. The van der Waals surface area contributed by atoms with Crippen LogP contribution in [0.25, 0.3) is 0 Å². The number of piperidine rings is 1. The van der Waals surface area contributed by atoms with Gasteiger partial charge in [-0.2, -0.15) is 0 Å². The van der Waals surface area contributed by atoms with Gasteiger partial charge >= 0.3 is 0 Å². The molecule has 1 N–H and O–H groups in total. The van der Waals surface area contributed by atoms with Gasteiger partial charge in [0.05, 0.1) is 0 Å². The molecule has 0 aromatic heterocycles. The number of fused-ring (bicyclic) bond motifs is 2. The van der Waals surface area contributed by atoms with E-state index in [9.17, 15) is 0 Å². The molecule has 0 spiro atoms. The molecule has 104 valence electrons. The van der Waals surface area contributed by atoms with Crippen molar-refractivity contribution in [2.24, 2.45) is 23.7 Å². The van der Waals surface area contributed by atoms with Crippen LogP contribution in [0.15, 0.2) is 0 Å². The summed E-state index contributed by atoms with van der Waals surface area (Å²) in [4.78, 5) is 2.47. The molecule has 18 heavy (non-hydrogen) atoms. The molecule has 2 nitrogen and oxygen atoms in total. The number of hydrogen-bond donors (Lipinski definition) is 1. The first-order chi connectivity index (χ1) is 8.72. The van der Waals surface area contributed by atoms with Gasteiger partial charge < -0.3 is 10.2 Å². The van der Waals surface area contributed by atoms with Crippen molar-refractivity contribution in [3.05, 3.63) is 0 Å². The first-order valence-electron chi connectivity index (χ1n) is 8.14. The van der Waals surface area contributed by atoms with Gasteiger partial charge in [0.1, 0.15) is 0 Å². The summed E-state index contributed by atoms with van der Waals surface area (Å²) in [6, 6.07) is 0.734. The van der Waals surface area contributed by atoms with Crippen LogP contribution in [-0.4, -0.2) is 37.6 Å². The molecular weight excluding hydrogens is 220 g/mol. The summed E-state index contributed by atoms with van der Waals surface area (Å²) >= 11 is 0. The van der Waals surface area contributed by atoms with Crippen molar-refractivity contribution in [3.8, 4) is 0 Å². The summed E-state index contributed by atoms with van der Waals surface area (Å²) in [5.41, 5.74) is 0. The Morgan fingerprint density at radius 1 is 1.11 bits per heavy atom. The highest BCUT2D eigenvalue weighted by Crippen LogP contribution is 2.48. The van der Waals surface area contributed by atoms with Gasteiger partial charge in [0, 0.05) is 6.04 Å². The van der Waals surface area contributed by atoms with E-state index in [2.05, 4.69) is 24.2 Å². The average molecular weight is 250 g/mol.